The summed E-state index contributed by atoms with van der Waals surface area (Å²) in [7, 11) is 0. The Kier molecular flexibility index (Phi) is 1.41. The van der Waals surface area contributed by atoms with Gasteiger partial charge in [0, 0.05) is 12.1 Å². The maximum atomic E-state index is 4.35. The fraction of sp³-hybridized carbons (Fsp3) is 0.857. The van der Waals surface area contributed by atoms with Crippen LogP contribution in [0, 0.1) is 0 Å². The van der Waals surface area contributed by atoms with Gasteiger partial charge in [0.25, 0.3) is 0 Å². The second kappa shape index (κ2) is 2.16. The number of thioether (sulfide) groups is 1. The molecule has 1 spiro atoms. The monoisotopic (exact) mass is 156 g/mol. The molecule has 1 N–H and O–H groups in total. The van der Waals surface area contributed by atoms with Crippen LogP contribution in [0.5, 0.6) is 0 Å². The SMILES string of the molecule is CSC1=NCCC2(CC2)N1. The Balaban J connectivity index is 2.04. The first-order valence-electron chi connectivity index (χ1n) is 3.71. The Labute approximate surface area is 65.5 Å². The standard InChI is InChI=1S/C7H12N2S/c1-10-6-8-5-4-7(9-6)2-3-7/h2-5H2,1H3,(H,8,9). The van der Waals surface area contributed by atoms with Gasteiger partial charge in [0.15, 0.2) is 5.17 Å². The van der Waals surface area contributed by atoms with Gasteiger partial charge in [0.1, 0.15) is 0 Å². The quantitative estimate of drug-likeness (QED) is 0.570. The minimum atomic E-state index is 0.500. The molecule has 0 atom stereocenters. The fourth-order valence-electron chi connectivity index (χ4n) is 1.34. The van der Waals surface area contributed by atoms with E-state index in [-0.39, 0.29) is 0 Å². The molecule has 56 valence electrons. The highest BCUT2D eigenvalue weighted by Crippen LogP contribution is 2.40. The highest BCUT2D eigenvalue weighted by molar-refractivity contribution is 8.13. The number of amidine groups is 1. The maximum absolute atomic E-state index is 4.35. The first-order chi connectivity index (χ1) is 4.85. The van der Waals surface area contributed by atoms with Crippen molar-refractivity contribution in [1.29, 1.82) is 0 Å². The van der Waals surface area contributed by atoms with Crippen LogP contribution < -0.4 is 5.32 Å². The second-order valence-corrected chi connectivity index (χ2v) is 3.84. The molecule has 1 aliphatic heterocycles. The van der Waals surface area contributed by atoms with E-state index in [1.165, 1.54) is 19.3 Å². The van der Waals surface area contributed by atoms with Gasteiger partial charge in [-0.2, -0.15) is 0 Å². The van der Waals surface area contributed by atoms with Crippen molar-refractivity contribution in [2.24, 2.45) is 4.99 Å². The zero-order valence-corrected chi connectivity index (χ0v) is 7.00. The highest BCUT2D eigenvalue weighted by atomic mass is 32.2. The van der Waals surface area contributed by atoms with E-state index in [2.05, 4.69) is 16.6 Å². The number of hydrogen-bond donors (Lipinski definition) is 1. The molecule has 0 amide bonds. The number of hydrogen-bond acceptors (Lipinski definition) is 3. The van der Waals surface area contributed by atoms with Crippen LogP contribution in [0.25, 0.3) is 0 Å². The molecule has 1 saturated carbocycles. The van der Waals surface area contributed by atoms with Gasteiger partial charge in [-0.25, -0.2) is 0 Å². The van der Waals surface area contributed by atoms with Crippen LogP contribution in [0.3, 0.4) is 0 Å². The van der Waals surface area contributed by atoms with E-state index in [1.807, 2.05) is 0 Å². The molecule has 0 bridgehead atoms. The summed E-state index contributed by atoms with van der Waals surface area (Å²) < 4.78 is 0. The zero-order chi connectivity index (χ0) is 7.03. The summed E-state index contributed by atoms with van der Waals surface area (Å²) in [5.41, 5.74) is 0.500. The van der Waals surface area contributed by atoms with Crippen molar-refractivity contribution in [2.75, 3.05) is 12.8 Å². The summed E-state index contributed by atoms with van der Waals surface area (Å²) in [5, 5.41) is 4.61. The van der Waals surface area contributed by atoms with Gasteiger partial charge in [-0.1, -0.05) is 11.8 Å². The first-order valence-corrected chi connectivity index (χ1v) is 4.94. The minimum absolute atomic E-state index is 0.500. The summed E-state index contributed by atoms with van der Waals surface area (Å²) in [6.45, 7) is 1.03. The van der Waals surface area contributed by atoms with E-state index < -0.39 is 0 Å². The lowest BCUT2D eigenvalue weighted by molar-refractivity contribution is 0.539. The average Bonchev–Trinajstić information content (AvgIpc) is 2.70. The van der Waals surface area contributed by atoms with Gasteiger partial charge in [-0.3, -0.25) is 4.99 Å². The van der Waals surface area contributed by atoms with Crippen LogP contribution in [0.2, 0.25) is 0 Å². The molecule has 2 rings (SSSR count). The van der Waals surface area contributed by atoms with Crippen LogP contribution in [-0.4, -0.2) is 23.5 Å². The molecule has 0 saturated heterocycles. The Morgan fingerprint density at radius 1 is 1.50 bits per heavy atom. The van der Waals surface area contributed by atoms with Crippen molar-refractivity contribution in [3.05, 3.63) is 0 Å². The summed E-state index contributed by atoms with van der Waals surface area (Å²) in [5.74, 6) is 0. The third-order valence-corrected chi connectivity index (χ3v) is 2.88. The average molecular weight is 156 g/mol. The molecule has 1 fully saturated rings. The van der Waals surface area contributed by atoms with Crippen LogP contribution in [0.4, 0.5) is 0 Å². The van der Waals surface area contributed by atoms with Crippen molar-refractivity contribution < 1.29 is 0 Å². The molecule has 10 heavy (non-hydrogen) atoms. The lowest BCUT2D eigenvalue weighted by Gasteiger charge is -2.22. The Bertz CT molecular complexity index is 172. The molecule has 3 heteroatoms. The lowest BCUT2D eigenvalue weighted by Crippen LogP contribution is -2.39. The summed E-state index contributed by atoms with van der Waals surface area (Å²) in [4.78, 5) is 4.35. The van der Waals surface area contributed by atoms with Crippen molar-refractivity contribution in [2.45, 2.75) is 24.8 Å². The summed E-state index contributed by atoms with van der Waals surface area (Å²) >= 11 is 1.73. The summed E-state index contributed by atoms with van der Waals surface area (Å²) in [6, 6.07) is 0. The smallest absolute Gasteiger partial charge is 0.156 e. The number of aliphatic imine (C=N–C) groups is 1. The minimum Gasteiger partial charge on any atom is -0.359 e. The Morgan fingerprint density at radius 2 is 2.30 bits per heavy atom. The molecule has 0 aromatic rings. The van der Waals surface area contributed by atoms with Gasteiger partial charge in [0.05, 0.1) is 0 Å². The normalized spacial score (nSPS) is 27.5. The maximum Gasteiger partial charge on any atom is 0.156 e. The van der Waals surface area contributed by atoms with Crippen LogP contribution >= 0.6 is 11.8 Å². The number of nitrogens with zero attached hydrogens (tertiary/aromatic N) is 1. The third kappa shape index (κ3) is 1.03. The largest absolute Gasteiger partial charge is 0.359 e. The molecule has 1 aliphatic carbocycles. The van der Waals surface area contributed by atoms with E-state index in [0.29, 0.717) is 5.54 Å². The highest BCUT2D eigenvalue weighted by Gasteiger charge is 2.44. The Hall–Kier alpha value is -0.180. The summed E-state index contributed by atoms with van der Waals surface area (Å²) in [6.07, 6.45) is 6.03. The molecule has 2 aliphatic rings. The van der Waals surface area contributed by atoms with Gasteiger partial charge in [0.2, 0.25) is 0 Å². The van der Waals surface area contributed by atoms with Gasteiger partial charge in [-0.15, -0.1) is 0 Å². The van der Waals surface area contributed by atoms with Crippen molar-refractivity contribution in [1.82, 2.24) is 5.32 Å². The van der Waals surface area contributed by atoms with E-state index in [0.717, 1.165) is 11.7 Å². The second-order valence-electron chi connectivity index (χ2n) is 3.05. The fourth-order valence-corrected chi connectivity index (χ4v) is 1.88. The van der Waals surface area contributed by atoms with Crippen molar-refractivity contribution >= 4 is 16.9 Å². The van der Waals surface area contributed by atoms with Crippen LogP contribution in [0.1, 0.15) is 19.3 Å². The molecule has 0 aromatic heterocycles. The predicted octanol–water partition coefficient (Wildman–Crippen LogP) is 1.23. The molecule has 0 aromatic carbocycles. The molecule has 0 radical (unpaired) electrons. The predicted molar refractivity (Wildman–Crippen MR) is 45.5 cm³/mol. The molecular formula is C7H12N2S. The van der Waals surface area contributed by atoms with Gasteiger partial charge >= 0.3 is 0 Å². The van der Waals surface area contributed by atoms with Gasteiger partial charge < -0.3 is 5.32 Å². The van der Waals surface area contributed by atoms with E-state index >= 15 is 0 Å². The molecular weight excluding hydrogens is 144 g/mol. The topological polar surface area (TPSA) is 24.4 Å². The number of rotatable bonds is 0. The van der Waals surface area contributed by atoms with E-state index in [9.17, 15) is 0 Å². The first kappa shape index (κ1) is 6.53. The Morgan fingerprint density at radius 3 is 2.90 bits per heavy atom. The van der Waals surface area contributed by atoms with Gasteiger partial charge in [-0.05, 0) is 25.5 Å². The lowest BCUT2D eigenvalue weighted by atomic mass is 10.2. The molecule has 0 unspecified atom stereocenters. The van der Waals surface area contributed by atoms with Crippen molar-refractivity contribution in [3.8, 4) is 0 Å². The van der Waals surface area contributed by atoms with E-state index in [1.54, 1.807) is 11.8 Å². The van der Waals surface area contributed by atoms with E-state index in [4.69, 9.17) is 0 Å². The molecule has 2 nitrogen and oxygen atoms in total. The number of nitrogens with one attached hydrogen (secondary N) is 1. The van der Waals surface area contributed by atoms with Crippen molar-refractivity contribution in [3.63, 3.8) is 0 Å². The third-order valence-electron chi connectivity index (χ3n) is 2.26. The van der Waals surface area contributed by atoms with Crippen LogP contribution in [0.15, 0.2) is 4.99 Å². The van der Waals surface area contributed by atoms with Crippen LogP contribution in [-0.2, 0) is 0 Å². The molecule has 1 heterocycles. The zero-order valence-electron chi connectivity index (χ0n) is 6.18.